The minimum absolute atomic E-state index is 0.204. The Morgan fingerprint density at radius 1 is 1.35 bits per heavy atom. The fourth-order valence-electron chi connectivity index (χ4n) is 2.63. The minimum atomic E-state index is 0.204. The molecular weight excluding hydrogens is 216 g/mol. The molecule has 0 aromatic rings. The normalized spacial score (nSPS) is 28.5. The maximum absolute atomic E-state index is 11.6. The number of ether oxygens (including phenoxy) is 1. The van der Waals surface area contributed by atoms with E-state index in [1.807, 2.05) is 0 Å². The van der Waals surface area contributed by atoms with Crippen LogP contribution in [0.1, 0.15) is 38.5 Å². The van der Waals surface area contributed by atoms with Crippen LogP contribution in [0.4, 0.5) is 0 Å². The van der Waals surface area contributed by atoms with Gasteiger partial charge in [-0.05, 0) is 51.1 Å². The summed E-state index contributed by atoms with van der Waals surface area (Å²) in [5, 5.41) is 6.32. The standard InChI is InChI=1S/C13H24N2O2/c16-13(4-3-11-5-7-14-10-11)15-8-6-12-2-1-9-17-12/h11-12,14H,1-10H2,(H,15,16). The smallest absolute Gasteiger partial charge is 0.220 e. The molecule has 2 rings (SSSR count). The predicted octanol–water partition coefficient (Wildman–Crippen LogP) is 1.06. The second-order valence-electron chi connectivity index (χ2n) is 5.17. The van der Waals surface area contributed by atoms with E-state index in [0.717, 1.165) is 45.5 Å². The van der Waals surface area contributed by atoms with E-state index in [1.54, 1.807) is 0 Å². The van der Waals surface area contributed by atoms with Gasteiger partial charge in [0.25, 0.3) is 0 Å². The van der Waals surface area contributed by atoms with E-state index in [2.05, 4.69) is 10.6 Å². The van der Waals surface area contributed by atoms with Gasteiger partial charge >= 0.3 is 0 Å². The van der Waals surface area contributed by atoms with E-state index in [-0.39, 0.29) is 5.91 Å². The van der Waals surface area contributed by atoms with Crippen molar-refractivity contribution in [2.75, 3.05) is 26.2 Å². The van der Waals surface area contributed by atoms with E-state index in [1.165, 1.54) is 12.8 Å². The third-order valence-electron chi connectivity index (χ3n) is 3.75. The van der Waals surface area contributed by atoms with Gasteiger partial charge in [0.1, 0.15) is 0 Å². The lowest BCUT2D eigenvalue weighted by atomic mass is 10.0. The Bertz CT molecular complexity index is 234. The van der Waals surface area contributed by atoms with Crippen LogP contribution in [0.3, 0.4) is 0 Å². The maximum atomic E-state index is 11.6. The number of rotatable bonds is 6. The average molecular weight is 240 g/mol. The lowest BCUT2D eigenvalue weighted by Gasteiger charge is -2.11. The summed E-state index contributed by atoms with van der Waals surface area (Å²) < 4.78 is 5.52. The zero-order valence-electron chi connectivity index (χ0n) is 10.5. The van der Waals surface area contributed by atoms with Crippen LogP contribution in [0.25, 0.3) is 0 Å². The fraction of sp³-hybridized carbons (Fsp3) is 0.923. The molecule has 2 atom stereocenters. The molecule has 2 unspecified atom stereocenters. The van der Waals surface area contributed by atoms with Crippen molar-refractivity contribution in [1.29, 1.82) is 0 Å². The second kappa shape index (κ2) is 6.97. The molecule has 2 heterocycles. The molecule has 17 heavy (non-hydrogen) atoms. The Morgan fingerprint density at radius 3 is 3.00 bits per heavy atom. The molecule has 0 aromatic heterocycles. The number of nitrogens with one attached hydrogen (secondary N) is 2. The molecule has 2 fully saturated rings. The largest absolute Gasteiger partial charge is 0.378 e. The third-order valence-corrected chi connectivity index (χ3v) is 3.75. The van der Waals surface area contributed by atoms with Crippen molar-refractivity contribution in [3.63, 3.8) is 0 Å². The molecule has 4 heteroatoms. The van der Waals surface area contributed by atoms with Crippen molar-refractivity contribution in [2.45, 2.75) is 44.6 Å². The minimum Gasteiger partial charge on any atom is -0.378 e. The Hall–Kier alpha value is -0.610. The summed E-state index contributed by atoms with van der Waals surface area (Å²) in [6.07, 6.45) is 6.61. The molecular formula is C13H24N2O2. The van der Waals surface area contributed by atoms with Crippen LogP contribution >= 0.6 is 0 Å². The topological polar surface area (TPSA) is 50.4 Å². The van der Waals surface area contributed by atoms with Gasteiger partial charge in [-0.2, -0.15) is 0 Å². The summed E-state index contributed by atoms with van der Waals surface area (Å²) in [6, 6.07) is 0. The molecule has 2 aliphatic rings. The molecule has 0 spiro atoms. The van der Waals surface area contributed by atoms with E-state index >= 15 is 0 Å². The quantitative estimate of drug-likeness (QED) is 0.730. The predicted molar refractivity (Wildman–Crippen MR) is 66.8 cm³/mol. The van der Waals surface area contributed by atoms with Crippen LogP contribution in [-0.2, 0) is 9.53 Å². The SMILES string of the molecule is O=C(CCC1CCNC1)NCCC1CCCO1. The molecule has 4 nitrogen and oxygen atoms in total. The first-order chi connectivity index (χ1) is 8.34. The van der Waals surface area contributed by atoms with Crippen LogP contribution in [0.5, 0.6) is 0 Å². The number of hydrogen-bond donors (Lipinski definition) is 2. The summed E-state index contributed by atoms with van der Waals surface area (Å²) >= 11 is 0. The number of carbonyl (C=O) groups excluding carboxylic acids is 1. The highest BCUT2D eigenvalue weighted by atomic mass is 16.5. The molecule has 0 aromatic carbocycles. The molecule has 0 bridgehead atoms. The van der Waals surface area contributed by atoms with Crippen molar-refractivity contribution < 1.29 is 9.53 Å². The Balaban J connectivity index is 1.48. The Kier molecular flexibility index (Phi) is 5.26. The van der Waals surface area contributed by atoms with Crippen LogP contribution in [0.15, 0.2) is 0 Å². The number of carbonyl (C=O) groups is 1. The van der Waals surface area contributed by atoms with E-state index in [0.29, 0.717) is 18.4 Å². The van der Waals surface area contributed by atoms with Crippen molar-refractivity contribution in [2.24, 2.45) is 5.92 Å². The Morgan fingerprint density at radius 2 is 2.29 bits per heavy atom. The first-order valence-corrected chi connectivity index (χ1v) is 6.93. The van der Waals surface area contributed by atoms with Crippen LogP contribution in [0, 0.1) is 5.92 Å². The van der Waals surface area contributed by atoms with E-state index in [4.69, 9.17) is 4.74 Å². The van der Waals surface area contributed by atoms with Crippen LogP contribution in [0.2, 0.25) is 0 Å². The second-order valence-corrected chi connectivity index (χ2v) is 5.17. The lowest BCUT2D eigenvalue weighted by molar-refractivity contribution is -0.121. The van der Waals surface area contributed by atoms with Crippen LogP contribution in [-0.4, -0.2) is 38.3 Å². The molecule has 0 aliphatic carbocycles. The van der Waals surface area contributed by atoms with E-state index in [9.17, 15) is 4.79 Å². The summed E-state index contributed by atoms with van der Waals surface area (Å²) in [7, 11) is 0. The number of hydrogen-bond acceptors (Lipinski definition) is 3. The third kappa shape index (κ3) is 4.64. The fourth-order valence-corrected chi connectivity index (χ4v) is 2.63. The highest BCUT2D eigenvalue weighted by molar-refractivity contribution is 5.75. The van der Waals surface area contributed by atoms with Gasteiger partial charge in [0, 0.05) is 19.6 Å². The zero-order valence-corrected chi connectivity index (χ0v) is 10.5. The molecule has 98 valence electrons. The molecule has 2 saturated heterocycles. The molecule has 0 radical (unpaired) electrons. The van der Waals surface area contributed by atoms with Gasteiger partial charge in [0.05, 0.1) is 6.10 Å². The maximum Gasteiger partial charge on any atom is 0.220 e. The first kappa shape index (κ1) is 12.8. The van der Waals surface area contributed by atoms with Crippen molar-refractivity contribution in [1.82, 2.24) is 10.6 Å². The van der Waals surface area contributed by atoms with E-state index < -0.39 is 0 Å². The van der Waals surface area contributed by atoms with Crippen molar-refractivity contribution >= 4 is 5.91 Å². The van der Waals surface area contributed by atoms with Crippen molar-refractivity contribution in [3.8, 4) is 0 Å². The average Bonchev–Trinajstić information content (AvgIpc) is 2.99. The van der Waals surface area contributed by atoms with Gasteiger partial charge in [0.2, 0.25) is 5.91 Å². The van der Waals surface area contributed by atoms with Gasteiger partial charge in [-0.25, -0.2) is 0 Å². The summed E-state index contributed by atoms with van der Waals surface area (Å²) in [4.78, 5) is 11.6. The highest BCUT2D eigenvalue weighted by Gasteiger charge is 2.17. The Labute approximate surface area is 103 Å². The highest BCUT2D eigenvalue weighted by Crippen LogP contribution is 2.15. The van der Waals surface area contributed by atoms with Gasteiger partial charge in [-0.3, -0.25) is 4.79 Å². The van der Waals surface area contributed by atoms with Gasteiger partial charge in [-0.1, -0.05) is 0 Å². The lowest BCUT2D eigenvalue weighted by Crippen LogP contribution is -2.27. The summed E-state index contributed by atoms with van der Waals surface area (Å²) in [5.74, 6) is 0.911. The van der Waals surface area contributed by atoms with Crippen LogP contribution < -0.4 is 10.6 Å². The molecule has 1 amide bonds. The summed E-state index contributed by atoms with van der Waals surface area (Å²) in [6.45, 7) is 3.87. The molecule has 0 saturated carbocycles. The zero-order chi connectivity index (χ0) is 11.9. The summed E-state index contributed by atoms with van der Waals surface area (Å²) in [5.41, 5.74) is 0. The van der Waals surface area contributed by atoms with Gasteiger partial charge in [-0.15, -0.1) is 0 Å². The van der Waals surface area contributed by atoms with Crippen molar-refractivity contribution in [3.05, 3.63) is 0 Å². The first-order valence-electron chi connectivity index (χ1n) is 6.93. The monoisotopic (exact) mass is 240 g/mol. The number of amides is 1. The molecule has 2 N–H and O–H groups in total. The van der Waals surface area contributed by atoms with Gasteiger partial charge < -0.3 is 15.4 Å². The molecule has 2 aliphatic heterocycles. The van der Waals surface area contributed by atoms with Gasteiger partial charge in [0.15, 0.2) is 0 Å².